The van der Waals surface area contributed by atoms with Gasteiger partial charge in [0.1, 0.15) is 16.9 Å². The van der Waals surface area contributed by atoms with Crippen LogP contribution in [0.15, 0.2) is 34.9 Å². The Morgan fingerprint density at radius 3 is 2.76 bits per heavy atom. The van der Waals surface area contributed by atoms with Crippen LogP contribution in [0.1, 0.15) is 15.9 Å². The SMILES string of the molecule is Cc1cc(NC(=O)c2cc(Cl)ncc2[N+](=O)[O-])ccc1Br. The van der Waals surface area contributed by atoms with Crippen molar-refractivity contribution in [1.82, 2.24) is 4.98 Å². The maximum absolute atomic E-state index is 12.2. The molecule has 6 nitrogen and oxygen atoms in total. The van der Waals surface area contributed by atoms with Crippen molar-refractivity contribution in [3.63, 3.8) is 0 Å². The van der Waals surface area contributed by atoms with Crippen LogP contribution >= 0.6 is 27.5 Å². The van der Waals surface area contributed by atoms with Crippen molar-refractivity contribution in [3.8, 4) is 0 Å². The van der Waals surface area contributed by atoms with Gasteiger partial charge in [0.05, 0.1) is 4.92 Å². The van der Waals surface area contributed by atoms with Crippen molar-refractivity contribution in [1.29, 1.82) is 0 Å². The third-order valence-corrected chi connectivity index (χ3v) is 3.80. The average molecular weight is 371 g/mol. The van der Waals surface area contributed by atoms with Gasteiger partial charge in [-0.15, -0.1) is 0 Å². The zero-order chi connectivity index (χ0) is 15.6. The third kappa shape index (κ3) is 3.56. The number of aryl methyl sites for hydroxylation is 1. The highest BCUT2D eigenvalue weighted by Crippen LogP contribution is 2.24. The van der Waals surface area contributed by atoms with Gasteiger partial charge in [-0.25, -0.2) is 4.98 Å². The Kier molecular flexibility index (Phi) is 4.54. The zero-order valence-corrected chi connectivity index (χ0v) is 13.1. The second-order valence-corrected chi connectivity index (χ2v) is 5.44. The molecular formula is C13H9BrClN3O3. The predicted octanol–water partition coefficient (Wildman–Crippen LogP) is 3.97. The molecule has 1 N–H and O–H groups in total. The molecule has 108 valence electrons. The lowest BCUT2D eigenvalue weighted by molar-refractivity contribution is -0.385. The Labute approximate surface area is 133 Å². The predicted molar refractivity (Wildman–Crippen MR) is 82.7 cm³/mol. The summed E-state index contributed by atoms with van der Waals surface area (Å²) in [4.78, 5) is 26.0. The molecule has 2 rings (SSSR count). The normalized spacial score (nSPS) is 10.2. The fraction of sp³-hybridized carbons (Fsp3) is 0.0769. The van der Waals surface area contributed by atoms with Crippen LogP contribution in [0.5, 0.6) is 0 Å². The quantitative estimate of drug-likeness (QED) is 0.503. The number of nitro groups is 1. The second-order valence-electron chi connectivity index (χ2n) is 4.20. The van der Waals surface area contributed by atoms with Crippen LogP contribution in [0.3, 0.4) is 0 Å². The molecule has 1 aromatic heterocycles. The highest BCUT2D eigenvalue weighted by atomic mass is 79.9. The van der Waals surface area contributed by atoms with Crippen molar-refractivity contribution >= 4 is 44.8 Å². The van der Waals surface area contributed by atoms with Gasteiger partial charge in [0.25, 0.3) is 11.6 Å². The Morgan fingerprint density at radius 2 is 2.14 bits per heavy atom. The molecule has 0 fully saturated rings. The lowest BCUT2D eigenvalue weighted by atomic mass is 10.2. The van der Waals surface area contributed by atoms with Crippen molar-refractivity contribution in [2.75, 3.05) is 5.32 Å². The third-order valence-electron chi connectivity index (χ3n) is 2.71. The number of hydrogen-bond acceptors (Lipinski definition) is 4. The van der Waals surface area contributed by atoms with Gasteiger partial charge in [-0.1, -0.05) is 27.5 Å². The van der Waals surface area contributed by atoms with Crippen molar-refractivity contribution < 1.29 is 9.72 Å². The van der Waals surface area contributed by atoms with Gasteiger partial charge >= 0.3 is 0 Å². The monoisotopic (exact) mass is 369 g/mol. The van der Waals surface area contributed by atoms with E-state index in [9.17, 15) is 14.9 Å². The number of amides is 1. The number of nitrogens with zero attached hydrogens (tertiary/aromatic N) is 2. The van der Waals surface area contributed by atoms with E-state index in [1.807, 2.05) is 6.92 Å². The number of hydrogen-bond donors (Lipinski definition) is 1. The number of rotatable bonds is 3. The number of aromatic nitrogens is 1. The first-order chi connectivity index (χ1) is 9.88. The van der Waals surface area contributed by atoms with Crippen molar-refractivity contribution in [3.05, 3.63) is 61.3 Å². The smallest absolute Gasteiger partial charge is 0.300 e. The highest BCUT2D eigenvalue weighted by molar-refractivity contribution is 9.10. The van der Waals surface area contributed by atoms with E-state index < -0.39 is 16.5 Å². The van der Waals surface area contributed by atoms with Crippen molar-refractivity contribution in [2.24, 2.45) is 0 Å². The summed E-state index contributed by atoms with van der Waals surface area (Å²) in [7, 11) is 0. The van der Waals surface area contributed by atoms with Crippen LogP contribution in [0.4, 0.5) is 11.4 Å². The van der Waals surface area contributed by atoms with E-state index in [2.05, 4.69) is 26.2 Å². The summed E-state index contributed by atoms with van der Waals surface area (Å²) in [6.45, 7) is 1.87. The van der Waals surface area contributed by atoms with E-state index in [-0.39, 0.29) is 10.7 Å². The Hall–Kier alpha value is -1.99. The van der Waals surface area contributed by atoms with Gasteiger partial charge in [0.15, 0.2) is 0 Å². The van der Waals surface area contributed by atoms with Gasteiger partial charge in [0.2, 0.25) is 0 Å². The molecule has 0 atom stereocenters. The van der Waals surface area contributed by atoms with Gasteiger partial charge in [-0.2, -0.15) is 0 Å². The molecule has 0 spiro atoms. The minimum Gasteiger partial charge on any atom is -0.322 e. The number of carbonyl (C=O) groups excluding carboxylic acids is 1. The fourth-order valence-electron chi connectivity index (χ4n) is 1.67. The minimum absolute atomic E-state index is 0.0118. The molecule has 0 aliphatic carbocycles. The molecule has 0 radical (unpaired) electrons. The van der Waals surface area contributed by atoms with Crippen LogP contribution in [0, 0.1) is 17.0 Å². The maximum Gasteiger partial charge on any atom is 0.300 e. The largest absolute Gasteiger partial charge is 0.322 e. The number of pyridine rings is 1. The molecule has 1 heterocycles. The summed E-state index contributed by atoms with van der Waals surface area (Å²) >= 11 is 9.05. The van der Waals surface area contributed by atoms with Crippen LogP contribution in [-0.4, -0.2) is 15.8 Å². The zero-order valence-electron chi connectivity index (χ0n) is 10.8. The van der Waals surface area contributed by atoms with E-state index in [1.165, 1.54) is 6.07 Å². The topological polar surface area (TPSA) is 85.1 Å². The Morgan fingerprint density at radius 1 is 1.43 bits per heavy atom. The molecule has 1 aromatic carbocycles. The number of benzene rings is 1. The lowest BCUT2D eigenvalue weighted by Gasteiger charge is -2.07. The van der Waals surface area contributed by atoms with Gasteiger partial charge in [-0.05, 0) is 36.8 Å². The molecule has 0 saturated heterocycles. The van der Waals surface area contributed by atoms with E-state index in [4.69, 9.17) is 11.6 Å². The fourth-order valence-corrected chi connectivity index (χ4v) is 2.08. The van der Waals surface area contributed by atoms with E-state index >= 15 is 0 Å². The molecule has 0 saturated carbocycles. The Balaban J connectivity index is 2.34. The van der Waals surface area contributed by atoms with Crippen LogP contribution in [0.2, 0.25) is 5.15 Å². The molecule has 0 aliphatic rings. The number of nitrogens with one attached hydrogen (secondary N) is 1. The van der Waals surface area contributed by atoms with Crippen LogP contribution < -0.4 is 5.32 Å². The standard InChI is InChI=1S/C13H9BrClN3O3/c1-7-4-8(2-3-10(7)14)17-13(19)9-5-12(15)16-6-11(9)18(20)21/h2-6H,1H3,(H,17,19). The summed E-state index contributed by atoms with van der Waals surface area (Å²) < 4.78 is 0.901. The summed E-state index contributed by atoms with van der Waals surface area (Å²) in [5.41, 5.74) is 0.921. The first-order valence-electron chi connectivity index (χ1n) is 5.76. The molecule has 0 bridgehead atoms. The first kappa shape index (κ1) is 15.4. The van der Waals surface area contributed by atoms with Gasteiger partial charge < -0.3 is 5.32 Å². The highest BCUT2D eigenvalue weighted by Gasteiger charge is 2.21. The number of carbonyl (C=O) groups is 1. The molecule has 21 heavy (non-hydrogen) atoms. The van der Waals surface area contributed by atoms with Crippen LogP contribution in [-0.2, 0) is 0 Å². The second kappa shape index (κ2) is 6.19. The lowest BCUT2D eigenvalue weighted by Crippen LogP contribution is -2.14. The van der Waals surface area contributed by atoms with E-state index in [0.29, 0.717) is 5.69 Å². The summed E-state index contributed by atoms with van der Waals surface area (Å²) in [5.74, 6) is -0.618. The van der Waals surface area contributed by atoms with Crippen LogP contribution in [0.25, 0.3) is 0 Å². The molecule has 1 amide bonds. The number of halogens is 2. The molecule has 0 aliphatic heterocycles. The van der Waals surface area contributed by atoms with Gasteiger partial charge in [-0.3, -0.25) is 14.9 Å². The summed E-state index contributed by atoms with van der Waals surface area (Å²) in [6.07, 6.45) is 0.962. The molecule has 8 heteroatoms. The number of anilines is 1. The molecule has 2 aromatic rings. The van der Waals surface area contributed by atoms with E-state index in [0.717, 1.165) is 16.2 Å². The Bertz CT molecular complexity index is 737. The first-order valence-corrected chi connectivity index (χ1v) is 6.93. The molecule has 0 unspecified atom stereocenters. The van der Waals surface area contributed by atoms with Gasteiger partial charge in [0, 0.05) is 10.2 Å². The van der Waals surface area contributed by atoms with E-state index in [1.54, 1.807) is 18.2 Å². The molecular weight excluding hydrogens is 362 g/mol. The summed E-state index contributed by atoms with van der Waals surface area (Å²) in [5, 5.41) is 13.5. The summed E-state index contributed by atoms with van der Waals surface area (Å²) in [6, 6.07) is 6.37. The minimum atomic E-state index is -0.676. The maximum atomic E-state index is 12.2. The van der Waals surface area contributed by atoms with Crippen molar-refractivity contribution in [2.45, 2.75) is 6.92 Å². The average Bonchev–Trinajstić information content (AvgIpc) is 2.42.